The molecular formula is C23H23NO2. The molecule has 3 nitrogen and oxygen atoms in total. The van der Waals surface area contributed by atoms with Gasteiger partial charge in [0.15, 0.2) is 0 Å². The second kappa shape index (κ2) is 7.63. The molecule has 0 aromatic heterocycles. The van der Waals surface area contributed by atoms with E-state index in [1.54, 1.807) is 0 Å². The molecule has 3 aromatic rings. The second-order valence-corrected chi connectivity index (χ2v) is 6.74. The van der Waals surface area contributed by atoms with Gasteiger partial charge in [-0.1, -0.05) is 66.7 Å². The van der Waals surface area contributed by atoms with Crippen molar-refractivity contribution in [3.8, 4) is 5.75 Å². The number of aliphatic hydroxyl groups excluding tert-OH is 1. The molecule has 26 heavy (non-hydrogen) atoms. The van der Waals surface area contributed by atoms with Crippen molar-refractivity contribution in [3.05, 3.63) is 95.6 Å². The highest BCUT2D eigenvalue weighted by Gasteiger charge is 2.28. The minimum atomic E-state index is 0.164. The minimum Gasteiger partial charge on any atom is -0.489 e. The van der Waals surface area contributed by atoms with Crippen LogP contribution < -0.4 is 9.64 Å². The molecule has 132 valence electrons. The number of rotatable bonds is 6. The average Bonchev–Trinajstić information content (AvgIpc) is 3.05. The predicted molar refractivity (Wildman–Crippen MR) is 105 cm³/mol. The number of ether oxygens (including phenoxy) is 1. The van der Waals surface area contributed by atoms with Crippen molar-refractivity contribution in [2.24, 2.45) is 0 Å². The number of anilines is 1. The second-order valence-electron chi connectivity index (χ2n) is 6.74. The molecule has 1 heterocycles. The van der Waals surface area contributed by atoms with E-state index in [4.69, 9.17) is 4.74 Å². The van der Waals surface area contributed by atoms with Gasteiger partial charge in [0.25, 0.3) is 0 Å². The van der Waals surface area contributed by atoms with E-state index in [-0.39, 0.29) is 12.5 Å². The minimum absolute atomic E-state index is 0.164. The smallest absolute Gasteiger partial charge is 0.121 e. The molecule has 1 atom stereocenters. The maximum absolute atomic E-state index is 9.76. The van der Waals surface area contributed by atoms with Crippen LogP contribution in [0.15, 0.2) is 78.9 Å². The Morgan fingerprint density at radius 2 is 1.58 bits per heavy atom. The zero-order valence-electron chi connectivity index (χ0n) is 14.7. The first-order valence-corrected chi connectivity index (χ1v) is 9.04. The molecule has 0 fully saturated rings. The van der Waals surface area contributed by atoms with Crippen LogP contribution in [0.2, 0.25) is 0 Å². The summed E-state index contributed by atoms with van der Waals surface area (Å²) < 4.78 is 6.00. The molecule has 1 N–H and O–H groups in total. The van der Waals surface area contributed by atoms with Gasteiger partial charge in [-0.2, -0.15) is 0 Å². The molecule has 1 aliphatic rings. The van der Waals surface area contributed by atoms with Crippen molar-refractivity contribution < 1.29 is 9.84 Å². The van der Waals surface area contributed by atoms with Gasteiger partial charge in [0.2, 0.25) is 0 Å². The van der Waals surface area contributed by atoms with Crippen LogP contribution in [0.3, 0.4) is 0 Å². The van der Waals surface area contributed by atoms with Gasteiger partial charge in [-0.25, -0.2) is 0 Å². The average molecular weight is 345 g/mol. The largest absolute Gasteiger partial charge is 0.489 e. The first-order valence-electron chi connectivity index (χ1n) is 9.04. The van der Waals surface area contributed by atoms with E-state index in [1.807, 2.05) is 30.3 Å². The van der Waals surface area contributed by atoms with Crippen molar-refractivity contribution in [1.29, 1.82) is 0 Å². The molecule has 3 heteroatoms. The summed E-state index contributed by atoms with van der Waals surface area (Å²) in [5, 5.41) is 9.76. The molecule has 0 spiro atoms. The third-order valence-corrected chi connectivity index (χ3v) is 4.91. The van der Waals surface area contributed by atoms with Gasteiger partial charge in [-0.15, -0.1) is 0 Å². The highest BCUT2D eigenvalue weighted by Crippen LogP contribution is 2.39. The lowest BCUT2D eigenvalue weighted by atomic mass is 10.0. The summed E-state index contributed by atoms with van der Waals surface area (Å²) >= 11 is 0. The van der Waals surface area contributed by atoms with Gasteiger partial charge in [-0.05, 0) is 22.8 Å². The summed E-state index contributed by atoms with van der Waals surface area (Å²) in [5.41, 5.74) is 4.80. The first-order chi connectivity index (χ1) is 12.8. The van der Waals surface area contributed by atoms with Gasteiger partial charge in [0, 0.05) is 30.8 Å². The zero-order chi connectivity index (χ0) is 17.8. The quantitative estimate of drug-likeness (QED) is 0.720. The summed E-state index contributed by atoms with van der Waals surface area (Å²) in [6.07, 6.45) is 0. The summed E-state index contributed by atoms with van der Waals surface area (Å²) in [4.78, 5) is 2.33. The van der Waals surface area contributed by atoms with Crippen molar-refractivity contribution in [2.45, 2.75) is 19.1 Å². The number of hydrogen-bond donors (Lipinski definition) is 1. The van der Waals surface area contributed by atoms with Crippen molar-refractivity contribution in [2.75, 3.05) is 18.1 Å². The number of hydrogen-bond acceptors (Lipinski definition) is 3. The lowest BCUT2D eigenvalue weighted by molar-refractivity contribution is 0.270. The van der Waals surface area contributed by atoms with Gasteiger partial charge in [0.05, 0.1) is 6.61 Å². The molecule has 4 rings (SSSR count). The third-order valence-electron chi connectivity index (χ3n) is 4.91. The van der Waals surface area contributed by atoms with Crippen LogP contribution in [-0.2, 0) is 13.2 Å². The van der Waals surface area contributed by atoms with Crippen molar-refractivity contribution in [3.63, 3.8) is 0 Å². The lowest BCUT2D eigenvalue weighted by Crippen LogP contribution is -2.22. The van der Waals surface area contributed by atoms with Crippen LogP contribution in [0, 0.1) is 0 Å². The van der Waals surface area contributed by atoms with E-state index in [1.165, 1.54) is 16.8 Å². The maximum atomic E-state index is 9.76. The van der Waals surface area contributed by atoms with Gasteiger partial charge in [-0.3, -0.25) is 0 Å². The normalized spacial score (nSPS) is 15.7. The molecule has 0 radical (unpaired) electrons. The fourth-order valence-electron chi connectivity index (χ4n) is 3.55. The third kappa shape index (κ3) is 3.58. The molecule has 0 amide bonds. The van der Waals surface area contributed by atoms with Crippen LogP contribution in [-0.4, -0.2) is 18.3 Å². The number of benzene rings is 3. The fraction of sp³-hybridized carbons (Fsp3) is 0.217. The Morgan fingerprint density at radius 1 is 0.885 bits per heavy atom. The van der Waals surface area contributed by atoms with E-state index < -0.39 is 0 Å². The molecule has 3 aromatic carbocycles. The van der Waals surface area contributed by atoms with Crippen LogP contribution in [0.5, 0.6) is 5.75 Å². The molecular weight excluding hydrogens is 322 g/mol. The predicted octanol–water partition coefficient (Wildman–Crippen LogP) is 4.36. The highest BCUT2D eigenvalue weighted by molar-refractivity contribution is 5.63. The Morgan fingerprint density at radius 3 is 2.27 bits per heavy atom. The summed E-state index contributed by atoms with van der Waals surface area (Å²) in [6.45, 7) is 2.40. The van der Waals surface area contributed by atoms with Crippen LogP contribution in [0.4, 0.5) is 5.69 Å². The summed E-state index contributed by atoms with van der Waals surface area (Å²) in [5.74, 6) is 1.03. The lowest BCUT2D eigenvalue weighted by Gasteiger charge is -2.20. The standard InChI is InChI=1S/C23H23NO2/c25-16-20-15-24(14-18-7-3-1-4-8-18)23-13-21(11-12-22(20)23)26-17-19-9-5-2-6-10-19/h1-13,20,25H,14-17H2. The Kier molecular flexibility index (Phi) is 4.89. The zero-order valence-corrected chi connectivity index (χ0v) is 14.7. The maximum Gasteiger partial charge on any atom is 0.121 e. The molecule has 1 aliphatic heterocycles. The molecule has 0 saturated carbocycles. The van der Waals surface area contributed by atoms with E-state index in [0.717, 1.165) is 24.4 Å². The number of aliphatic hydroxyl groups is 1. The molecule has 0 saturated heterocycles. The van der Waals surface area contributed by atoms with E-state index in [9.17, 15) is 5.11 Å². The van der Waals surface area contributed by atoms with Crippen LogP contribution in [0.25, 0.3) is 0 Å². The highest BCUT2D eigenvalue weighted by atomic mass is 16.5. The number of nitrogens with zero attached hydrogens (tertiary/aromatic N) is 1. The fourth-order valence-corrected chi connectivity index (χ4v) is 3.55. The summed E-state index contributed by atoms with van der Waals surface area (Å²) in [7, 11) is 0. The van der Waals surface area contributed by atoms with Crippen molar-refractivity contribution in [1.82, 2.24) is 0 Å². The summed E-state index contributed by atoms with van der Waals surface area (Å²) in [6, 6.07) is 26.9. The monoisotopic (exact) mass is 345 g/mol. The topological polar surface area (TPSA) is 32.7 Å². The Balaban J connectivity index is 1.54. The van der Waals surface area contributed by atoms with Crippen molar-refractivity contribution >= 4 is 5.69 Å². The van der Waals surface area contributed by atoms with Crippen LogP contribution in [0.1, 0.15) is 22.6 Å². The van der Waals surface area contributed by atoms with E-state index >= 15 is 0 Å². The number of fused-ring (bicyclic) bond motifs is 1. The Hall–Kier alpha value is -2.78. The van der Waals surface area contributed by atoms with Crippen LogP contribution >= 0.6 is 0 Å². The molecule has 0 aliphatic carbocycles. The van der Waals surface area contributed by atoms with E-state index in [2.05, 4.69) is 53.4 Å². The SMILES string of the molecule is OCC1CN(Cc2ccccc2)c2cc(OCc3ccccc3)ccc21. The molecule has 1 unspecified atom stereocenters. The van der Waals surface area contributed by atoms with Gasteiger partial charge < -0.3 is 14.7 Å². The van der Waals surface area contributed by atoms with E-state index in [0.29, 0.717) is 6.61 Å². The van der Waals surface area contributed by atoms with Gasteiger partial charge >= 0.3 is 0 Å². The Labute approximate surface area is 154 Å². The van der Waals surface area contributed by atoms with Gasteiger partial charge in [0.1, 0.15) is 12.4 Å². The molecule has 0 bridgehead atoms. The first kappa shape index (κ1) is 16.7. The Bertz CT molecular complexity index is 849.